The van der Waals surface area contributed by atoms with Gasteiger partial charge in [0.15, 0.2) is 0 Å². The Balaban J connectivity index is 0.00000380. The number of fused-ring (bicyclic) bond motifs is 2. The van der Waals surface area contributed by atoms with Gasteiger partial charge in [-0.05, 0) is 49.1 Å². The van der Waals surface area contributed by atoms with E-state index in [0.29, 0.717) is 19.6 Å². The maximum absolute atomic E-state index is 13.5. The molecule has 8 heteroatoms. The van der Waals surface area contributed by atoms with Gasteiger partial charge in [0.25, 0.3) is 5.91 Å². The highest BCUT2D eigenvalue weighted by Crippen LogP contribution is 2.29. The first kappa shape index (κ1) is 28.2. The van der Waals surface area contributed by atoms with E-state index in [1.165, 1.54) is 11.1 Å². The molecule has 0 aliphatic carbocycles. The summed E-state index contributed by atoms with van der Waals surface area (Å²) in [6.45, 7) is 8.44. The molecule has 0 radical (unpaired) electrons. The molecule has 0 saturated heterocycles. The molecule has 1 aliphatic rings. The minimum absolute atomic E-state index is 0. The van der Waals surface area contributed by atoms with E-state index in [1.54, 1.807) is 5.01 Å². The maximum atomic E-state index is 13.5. The van der Waals surface area contributed by atoms with Crippen LogP contribution in [0.15, 0.2) is 36.4 Å². The minimum atomic E-state index is -0.0717. The van der Waals surface area contributed by atoms with E-state index in [0.717, 1.165) is 47.1 Å². The molecule has 0 bridgehead atoms. The Morgan fingerprint density at radius 2 is 1.73 bits per heavy atom. The van der Waals surface area contributed by atoms with Crippen LogP contribution in [0.25, 0.3) is 10.9 Å². The lowest BCUT2D eigenvalue weighted by Crippen LogP contribution is -2.48. The summed E-state index contributed by atoms with van der Waals surface area (Å²) in [7, 11) is 3.75. The molecule has 0 spiro atoms. The van der Waals surface area contributed by atoms with Crippen molar-refractivity contribution in [2.45, 2.75) is 60.5 Å². The van der Waals surface area contributed by atoms with Crippen molar-refractivity contribution in [3.05, 3.63) is 58.8 Å². The van der Waals surface area contributed by atoms with Gasteiger partial charge in [-0.15, -0.1) is 0 Å². The van der Waals surface area contributed by atoms with E-state index in [4.69, 9.17) is 0 Å². The Hall–Kier alpha value is -3.39. The monoisotopic (exact) mass is 506 g/mol. The SMILES string of the molecule is C.CCCCCNC(=O)CN(CC(=O)N(C)N1Cc2ccccc2C1)c1cc2c(C)nn(C)c2cc1C. The standard InChI is InChI=1S/C28H38N6O2.CH4/c1-6-7-10-13-29-27(35)18-33(25-15-24-21(3)30-31(4)26(24)14-20(25)2)19-28(36)32(5)34-16-22-11-8-9-12-23(22)17-34;/h8-9,11-12,14-15H,6-7,10,13,16-19H2,1-5H3,(H,29,35);1H4. The van der Waals surface area contributed by atoms with E-state index in [2.05, 4.69) is 46.6 Å². The molecule has 3 aromatic rings. The molecule has 1 N–H and O–H groups in total. The summed E-state index contributed by atoms with van der Waals surface area (Å²) in [5.41, 5.74) is 6.34. The van der Waals surface area contributed by atoms with Gasteiger partial charge in [0, 0.05) is 44.8 Å². The first-order valence-electron chi connectivity index (χ1n) is 12.8. The van der Waals surface area contributed by atoms with E-state index in [1.807, 2.05) is 49.7 Å². The molecule has 200 valence electrons. The molecule has 0 unspecified atom stereocenters. The van der Waals surface area contributed by atoms with Crippen LogP contribution in [0.1, 0.15) is 56.0 Å². The van der Waals surface area contributed by atoms with Crippen LogP contribution >= 0.6 is 0 Å². The highest BCUT2D eigenvalue weighted by atomic mass is 16.2. The highest BCUT2D eigenvalue weighted by molar-refractivity contribution is 5.91. The number of likely N-dealkylation sites (N-methyl/N-ethyl adjacent to an activating group) is 1. The number of carbonyl (C=O) groups is 2. The summed E-state index contributed by atoms with van der Waals surface area (Å²) in [5.74, 6) is -0.124. The summed E-state index contributed by atoms with van der Waals surface area (Å²) < 4.78 is 1.87. The maximum Gasteiger partial charge on any atom is 0.256 e. The molecular formula is C29H42N6O2. The normalized spacial score (nSPS) is 12.8. The fourth-order valence-corrected chi connectivity index (χ4v) is 4.92. The zero-order chi connectivity index (χ0) is 25.8. The summed E-state index contributed by atoms with van der Waals surface area (Å²) >= 11 is 0. The van der Waals surface area contributed by atoms with Crippen molar-refractivity contribution >= 4 is 28.4 Å². The third-order valence-corrected chi connectivity index (χ3v) is 7.07. The lowest BCUT2D eigenvalue weighted by atomic mass is 10.1. The molecule has 0 atom stereocenters. The Kier molecular flexibility index (Phi) is 9.32. The van der Waals surface area contributed by atoms with Crippen molar-refractivity contribution in [2.75, 3.05) is 31.6 Å². The molecule has 2 amide bonds. The van der Waals surface area contributed by atoms with Crippen molar-refractivity contribution in [3.63, 3.8) is 0 Å². The predicted octanol–water partition coefficient (Wildman–Crippen LogP) is 4.33. The number of hydrogen-bond acceptors (Lipinski definition) is 5. The second-order valence-corrected chi connectivity index (χ2v) is 9.79. The van der Waals surface area contributed by atoms with Crippen LogP contribution < -0.4 is 10.2 Å². The number of hydrogen-bond donors (Lipinski definition) is 1. The largest absolute Gasteiger partial charge is 0.355 e. The number of nitrogens with one attached hydrogen (secondary N) is 1. The number of aryl methyl sites for hydroxylation is 3. The van der Waals surface area contributed by atoms with Gasteiger partial charge < -0.3 is 10.2 Å². The van der Waals surface area contributed by atoms with Crippen molar-refractivity contribution in [1.29, 1.82) is 0 Å². The van der Waals surface area contributed by atoms with Gasteiger partial charge >= 0.3 is 0 Å². The topological polar surface area (TPSA) is 73.7 Å². The lowest BCUT2D eigenvalue weighted by Gasteiger charge is -2.32. The zero-order valence-corrected chi connectivity index (χ0v) is 22.2. The molecular weight excluding hydrogens is 464 g/mol. The third kappa shape index (κ3) is 6.31. The fraction of sp³-hybridized carbons (Fsp3) is 0.483. The van der Waals surface area contributed by atoms with Crippen LogP contribution in [0.5, 0.6) is 0 Å². The first-order chi connectivity index (χ1) is 17.3. The van der Waals surface area contributed by atoms with Gasteiger partial charge in [-0.1, -0.05) is 51.5 Å². The van der Waals surface area contributed by atoms with Crippen LogP contribution in [0.2, 0.25) is 0 Å². The minimum Gasteiger partial charge on any atom is -0.355 e. The number of hydrazine groups is 1. The van der Waals surface area contributed by atoms with Crippen molar-refractivity contribution < 1.29 is 9.59 Å². The van der Waals surface area contributed by atoms with Crippen LogP contribution in [-0.4, -0.2) is 58.3 Å². The van der Waals surface area contributed by atoms with Gasteiger partial charge in [0.1, 0.15) is 0 Å². The number of rotatable bonds is 10. The molecule has 2 heterocycles. The van der Waals surface area contributed by atoms with Crippen LogP contribution in [0.4, 0.5) is 5.69 Å². The highest BCUT2D eigenvalue weighted by Gasteiger charge is 2.27. The lowest BCUT2D eigenvalue weighted by molar-refractivity contribution is -0.145. The molecule has 0 saturated carbocycles. The summed E-state index contributed by atoms with van der Waals surface area (Å²) in [5, 5.41) is 12.4. The average Bonchev–Trinajstić information content (AvgIpc) is 3.40. The fourth-order valence-electron chi connectivity index (χ4n) is 4.92. The van der Waals surface area contributed by atoms with Gasteiger partial charge in [-0.25, -0.2) is 5.01 Å². The van der Waals surface area contributed by atoms with E-state index in [9.17, 15) is 9.59 Å². The van der Waals surface area contributed by atoms with Crippen molar-refractivity contribution in [3.8, 4) is 0 Å². The number of amides is 2. The van der Waals surface area contributed by atoms with Crippen LogP contribution in [0.3, 0.4) is 0 Å². The Morgan fingerprint density at radius 1 is 1.05 bits per heavy atom. The number of benzene rings is 2. The number of aromatic nitrogens is 2. The number of unbranched alkanes of at least 4 members (excludes halogenated alkanes) is 2. The van der Waals surface area contributed by atoms with E-state index >= 15 is 0 Å². The molecule has 1 aromatic heterocycles. The molecule has 8 nitrogen and oxygen atoms in total. The van der Waals surface area contributed by atoms with Crippen molar-refractivity contribution in [1.82, 2.24) is 25.1 Å². The van der Waals surface area contributed by atoms with E-state index in [-0.39, 0.29) is 32.3 Å². The smallest absolute Gasteiger partial charge is 0.256 e. The molecule has 37 heavy (non-hydrogen) atoms. The molecule has 4 rings (SSSR count). The zero-order valence-electron chi connectivity index (χ0n) is 22.2. The van der Waals surface area contributed by atoms with Crippen LogP contribution in [0, 0.1) is 13.8 Å². The van der Waals surface area contributed by atoms with Gasteiger partial charge in [-0.3, -0.25) is 19.3 Å². The summed E-state index contributed by atoms with van der Waals surface area (Å²) in [4.78, 5) is 28.3. The first-order valence-corrected chi connectivity index (χ1v) is 12.8. The van der Waals surface area contributed by atoms with E-state index < -0.39 is 0 Å². The Morgan fingerprint density at radius 3 is 2.38 bits per heavy atom. The van der Waals surface area contributed by atoms with Gasteiger partial charge in [0.2, 0.25) is 5.91 Å². The summed E-state index contributed by atoms with van der Waals surface area (Å²) in [6.07, 6.45) is 3.15. The second-order valence-electron chi connectivity index (χ2n) is 9.79. The van der Waals surface area contributed by atoms with Crippen LogP contribution in [-0.2, 0) is 29.7 Å². The van der Waals surface area contributed by atoms with Gasteiger partial charge in [0.05, 0.1) is 24.3 Å². The quantitative estimate of drug-likeness (QED) is 0.415. The Labute approximate surface area is 221 Å². The molecule has 1 aliphatic heterocycles. The summed E-state index contributed by atoms with van der Waals surface area (Å²) in [6, 6.07) is 12.4. The number of nitrogens with zero attached hydrogens (tertiary/aromatic N) is 5. The second kappa shape index (κ2) is 12.2. The van der Waals surface area contributed by atoms with Gasteiger partial charge in [-0.2, -0.15) is 5.10 Å². The predicted molar refractivity (Wildman–Crippen MR) is 150 cm³/mol. The Bertz CT molecular complexity index is 1230. The molecule has 0 fully saturated rings. The molecule has 2 aromatic carbocycles. The number of carbonyl (C=O) groups excluding carboxylic acids is 2. The average molecular weight is 507 g/mol. The number of anilines is 1. The van der Waals surface area contributed by atoms with Crippen molar-refractivity contribution in [2.24, 2.45) is 7.05 Å². The third-order valence-electron chi connectivity index (χ3n) is 7.07.